The first-order valence-electron chi connectivity index (χ1n) is 9.72. The Balaban J connectivity index is 1.94. The quantitative estimate of drug-likeness (QED) is 0.689. The lowest BCUT2D eigenvalue weighted by Crippen LogP contribution is -2.18. The van der Waals surface area contributed by atoms with E-state index in [4.69, 9.17) is 14.2 Å². The highest BCUT2D eigenvalue weighted by Gasteiger charge is 2.30. The van der Waals surface area contributed by atoms with Gasteiger partial charge in [0.15, 0.2) is 11.5 Å². The van der Waals surface area contributed by atoms with Crippen LogP contribution in [0, 0.1) is 5.92 Å². The summed E-state index contributed by atoms with van der Waals surface area (Å²) >= 11 is 1.47. The van der Waals surface area contributed by atoms with Crippen molar-refractivity contribution in [3.05, 3.63) is 39.8 Å². The summed E-state index contributed by atoms with van der Waals surface area (Å²) in [5.41, 5.74) is 1.94. The number of benzene rings is 1. The van der Waals surface area contributed by atoms with E-state index < -0.39 is 0 Å². The number of methoxy groups -OCH3 is 2. The van der Waals surface area contributed by atoms with Crippen molar-refractivity contribution in [2.45, 2.75) is 46.1 Å². The molecule has 1 atom stereocenters. The fourth-order valence-electron chi connectivity index (χ4n) is 3.48. The Hall–Kier alpha value is -2.54. The molecule has 1 aliphatic carbocycles. The molecule has 0 radical (unpaired) electrons. The van der Waals surface area contributed by atoms with Crippen LogP contribution in [-0.4, -0.2) is 32.2 Å². The van der Waals surface area contributed by atoms with E-state index in [1.165, 1.54) is 18.4 Å². The SMILES string of the molecule is COc1ccc(C(=O)Nc2sc3c(c2C(=O)OC(C)C)CC[C@H](C)C3)cc1OC. The van der Waals surface area contributed by atoms with Gasteiger partial charge in [-0.1, -0.05) is 6.92 Å². The van der Waals surface area contributed by atoms with Gasteiger partial charge in [-0.25, -0.2) is 4.79 Å². The molecule has 0 spiro atoms. The molecule has 0 saturated heterocycles. The number of hydrogen-bond donors (Lipinski definition) is 1. The summed E-state index contributed by atoms with van der Waals surface area (Å²) in [6, 6.07) is 4.97. The van der Waals surface area contributed by atoms with E-state index in [0.29, 0.717) is 33.5 Å². The number of ether oxygens (including phenoxy) is 3. The van der Waals surface area contributed by atoms with Crippen molar-refractivity contribution in [1.82, 2.24) is 0 Å². The highest BCUT2D eigenvalue weighted by atomic mass is 32.1. The van der Waals surface area contributed by atoms with E-state index in [1.54, 1.807) is 25.3 Å². The number of carbonyl (C=O) groups excluding carboxylic acids is 2. The minimum atomic E-state index is -0.380. The lowest BCUT2D eigenvalue weighted by Gasteiger charge is -2.19. The average Bonchev–Trinajstić information content (AvgIpc) is 3.03. The summed E-state index contributed by atoms with van der Waals surface area (Å²) in [6.07, 6.45) is 2.53. The van der Waals surface area contributed by atoms with Gasteiger partial charge >= 0.3 is 5.97 Å². The number of anilines is 1. The molecular formula is C22H27NO5S. The third kappa shape index (κ3) is 4.56. The predicted molar refractivity (Wildman–Crippen MR) is 114 cm³/mol. The number of hydrogen-bond acceptors (Lipinski definition) is 6. The lowest BCUT2D eigenvalue weighted by atomic mass is 9.88. The number of nitrogens with one attached hydrogen (secondary N) is 1. The van der Waals surface area contributed by atoms with Crippen LogP contribution in [-0.2, 0) is 17.6 Å². The summed E-state index contributed by atoms with van der Waals surface area (Å²) in [6.45, 7) is 5.85. The van der Waals surface area contributed by atoms with Crippen molar-refractivity contribution in [2.24, 2.45) is 5.92 Å². The Morgan fingerprint density at radius 2 is 1.90 bits per heavy atom. The van der Waals surface area contributed by atoms with Crippen LogP contribution in [0.1, 0.15) is 58.3 Å². The molecule has 1 aromatic heterocycles. The molecular weight excluding hydrogens is 390 g/mol. The molecule has 7 heteroatoms. The normalized spacial score (nSPS) is 15.6. The first-order chi connectivity index (χ1) is 13.8. The number of fused-ring (bicyclic) bond motifs is 1. The van der Waals surface area contributed by atoms with Crippen LogP contribution in [0.25, 0.3) is 0 Å². The van der Waals surface area contributed by atoms with E-state index >= 15 is 0 Å². The highest BCUT2D eigenvalue weighted by molar-refractivity contribution is 7.17. The smallest absolute Gasteiger partial charge is 0.341 e. The van der Waals surface area contributed by atoms with Gasteiger partial charge in [0, 0.05) is 10.4 Å². The third-order valence-electron chi connectivity index (χ3n) is 4.93. The van der Waals surface area contributed by atoms with E-state index in [-0.39, 0.29) is 18.0 Å². The monoisotopic (exact) mass is 417 g/mol. The van der Waals surface area contributed by atoms with Gasteiger partial charge in [-0.3, -0.25) is 4.79 Å². The molecule has 156 valence electrons. The van der Waals surface area contributed by atoms with Crippen LogP contribution < -0.4 is 14.8 Å². The number of rotatable bonds is 6. The molecule has 3 rings (SSSR count). The standard InChI is InChI=1S/C22H27NO5S/c1-12(2)28-22(25)19-15-8-6-13(3)10-18(15)29-21(19)23-20(24)14-7-9-16(26-4)17(11-14)27-5/h7,9,11-13H,6,8,10H2,1-5H3,(H,23,24)/t13-/m0/s1. The molecule has 1 heterocycles. The van der Waals surface area contributed by atoms with Gasteiger partial charge in [0.25, 0.3) is 5.91 Å². The summed E-state index contributed by atoms with van der Waals surface area (Å²) < 4.78 is 16.0. The Morgan fingerprint density at radius 1 is 1.17 bits per heavy atom. The van der Waals surface area contributed by atoms with Crippen LogP contribution in [0.4, 0.5) is 5.00 Å². The zero-order valence-electron chi connectivity index (χ0n) is 17.5. The van der Waals surface area contributed by atoms with E-state index in [0.717, 1.165) is 29.7 Å². The van der Waals surface area contributed by atoms with Crippen LogP contribution in [0.2, 0.25) is 0 Å². The van der Waals surface area contributed by atoms with Crippen LogP contribution >= 0.6 is 11.3 Å². The van der Waals surface area contributed by atoms with Crippen molar-refractivity contribution in [2.75, 3.05) is 19.5 Å². The Kier molecular flexibility index (Phi) is 6.47. The van der Waals surface area contributed by atoms with E-state index in [9.17, 15) is 9.59 Å². The van der Waals surface area contributed by atoms with Gasteiger partial charge in [0.1, 0.15) is 5.00 Å². The molecule has 2 aromatic rings. The molecule has 29 heavy (non-hydrogen) atoms. The molecule has 1 amide bonds. The second-order valence-electron chi connectivity index (χ2n) is 7.53. The van der Waals surface area contributed by atoms with Crippen LogP contribution in [0.5, 0.6) is 11.5 Å². The Labute approximate surface area is 175 Å². The summed E-state index contributed by atoms with van der Waals surface area (Å²) in [4.78, 5) is 26.8. The molecule has 0 fully saturated rings. The van der Waals surface area contributed by atoms with Crippen LogP contribution in [0.15, 0.2) is 18.2 Å². The predicted octanol–water partition coefficient (Wildman–Crippen LogP) is 4.71. The maximum atomic E-state index is 12.9. The fourth-order valence-corrected chi connectivity index (χ4v) is 4.87. The van der Waals surface area contributed by atoms with Crippen molar-refractivity contribution in [3.8, 4) is 11.5 Å². The largest absolute Gasteiger partial charge is 0.493 e. The van der Waals surface area contributed by atoms with Crippen molar-refractivity contribution < 1.29 is 23.8 Å². The van der Waals surface area contributed by atoms with Crippen molar-refractivity contribution >= 4 is 28.2 Å². The van der Waals surface area contributed by atoms with Gasteiger partial charge in [-0.05, 0) is 62.8 Å². The molecule has 1 aliphatic rings. The molecule has 1 N–H and O–H groups in total. The minimum Gasteiger partial charge on any atom is -0.493 e. The second kappa shape index (κ2) is 8.86. The molecule has 1 aromatic carbocycles. The molecule has 0 saturated carbocycles. The molecule has 6 nitrogen and oxygen atoms in total. The fraction of sp³-hybridized carbons (Fsp3) is 0.455. The lowest BCUT2D eigenvalue weighted by molar-refractivity contribution is 0.0378. The zero-order chi connectivity index (χ0) is 21.1. The van der Waals surface area contributed by atoms with E-state index in [2.05, 4.69) is 12.2 Å². The first kappa shape index (κ1) is 21.2. The second-order valence-corrected chi connectivity index (χ2v) is 8.64. The van der Waals surface area contributed by atoms with Crippen molar-refractivity contribution in [1.29, 1.82) is 0 Å². The average molecular weight is 418 g/mol. The minimum absolute atomic E-state index is 0.227. The molecule has 0 bridgehead atoms. The third-order valence-corrected chi connectivity index (χ3v) is 6.10. The Bertz CT molecular complexity index is 918. The van der Waals surface area contributed by atoms with Gasteiger partial charge < -0.3 is 19.5 Å². The van der Waals surface area contributed by atoms with Gasteiger partial charge in [0.2, 0.25) is 0 Å². The topological polar surface area (TPSA) is 73.9 Å². The number of amides is 1. The van der Waals surface area contributed by atoms with Gasteiger partial charge in [-0.15, -0.1) is 11.3 Å². The van der Waals surface area contributed by atoms with Crippen LogP contribution in [0.3, 0.4) is 0 Å². The molecule has 0 aliphatic heterocycles. The maximum Gasteiger partial charge on any atom is 0.341 e. The van der Waals surface area contributed by atoms with Crippen molar-refractivity contribution in [3.63, 3.8) is 0 Å². The molecule has 0 unspecified atom stereocenters. The first-order valence-corrected chi connectivity index (χ1v) is 10.5. The Morgan fingerprint density at radius 3 is 2.55 bits per heavy atom. The highest BCUT2D eigenvalue weighted by Crippen LogP contribution is 2.40. The number of thiophene rings is 1. The van der Waals surface area contributed by atoms with Gasteiger partial charge in [0.05, 0.1) is 25.9 Å². The summed E-state index contributed by atoms with van der Waals surface area (Å²) in [5, 5.41) is 3.47. The van der Waals surface area contributed by atoms with Gasteiger partial charge in [-0.2, -0.15) is 0 Å². The van der Waals surface area contributed by atoms with E-state index in [1.807, 2.05) is 13.8 Å². The zero-order valence-corrected chi connectivity index (χ0v) is 18.3. The number of carbonyl (C=O) groups is 2. The number of esters is 1. The summed E-state index contributed by atoms with van der Waals surface area (Å²) in [7, 11) is 3.06. The maximum absolute atomic E-state index is 12.9. The summed E-state index contributed by atoms with van der Waals surface area (Å²) in [5.74, 6) is 0.889.